The van der Waals surface area contributed by atoms with Gasteiger partial charge in [0.2, 0.25) is 0 Å². The number of ether oxygens (including phenoxy) is 1. The molecule has 19 heavy (non-hydrogen) atoms. The van der Waals surface area contributed by atoms with Crippen molar-refractivity contribution in [2.45, 2.75) is 0 Å². The molecule has 0 fully saturated rings. The van der Waals surface area contributed by atoms with Gasteiger partial charge in [-0.05, 0) is 74.9 Å². The van der Waals surface area contributed by atoms with Gasteiger partial charge in [-0.3, -0.25) is 4.79 Å². The second kappa shape index (κ2) is 6.24. The van der Waals surface area contributed by atoms with E-state index in [9.17, 15) is 4.79 Å². The van der Waals surface area contributed by atoms with Crippen LogP contribution in [0.1, 0.15) is 15.9 Å². The summed E-state index contributed by atoms with van der Waals surface area (Å²) in [4.78, 5) is 12.5. The highest BCUT2D eigenvalue weighted by Crippen LogP contribution is 2.27. The van der Waals surface area contributed by atoms with Gasteiger partial charge in [-0.2, -0.15) is 0 Å². The Bertz CT molecular complexity index is 643. The molecule has 0 heterocycles. The van der Waals surface area contributed by atoms with Gasteiger partial charge in [-0.25, -0.2) is 0 Å². The minimum absolute atomic E-state index is 0.0901. The number of benzene rings is 2. The predicted molar refractivity (Wildman–Crippen MR) is 88.3 cm³/mol. The Kier molecular flexibility index (Phi) is 4.86. The van der Waals surface area contributed by atoms with Crippen molar-refractivity contribution in [1.29, 1.82) is 0 Å². The Morgan fingerprint density at radius 3 is 2.63 bits per heavy atom. The van der Waals surface area contributed by atoms with Crippen LogP contribution in [0.5, 0.6) is 5.75 Å². The molecule has 0 aliphatic heterocycles. The molecule has 2 nitrogen and oxygen atoms in total. The van der Waals surface area contributed by atoms with Gasteiger partial charge in [0.25, 0.3) is 0 Å². The summed E-state index contributed by atoms with van der Waals surface area (Å²) in [6.07, 6.45) is 0. The maximum Gasteiger partial charge on any atom is 0.196 e. The van der Waals surface area contributed by atoms with E-state index in [1.54, 1.807) is 31.4 Å². The number of methoxy groups -OCH3 is 1. The lowest BCUT2D eigenvalue weighted by atomic mass is 10.0. The summed E-state index contributed by atoms with van der Waals surface area (Å²) in [7, 11) is 1.55. The van der Waals surface area contributed by atoms with Gasteiger partial charge in [-0.1, -0.05) is 11.6 Å². The maximum atomic E-state index is 12.5. The van der Waals surface area contributed by atoms with Gasteiger partial charge >= 0.3 is 0 Å². The normalized spacial score (nSPS) is 10.3. The minimum Gasteiger partial charge on any atom is -0.496 e. The van der Waals surface area contributed by atoms with Crippen LogP contribution in [0, 0.1) is 3.57 Å². The molecular formula is C14H9BrClIO2. The number of ketones is 1. The van der Waals surface area contributed by atoms with E-state index in [0.29, 0.717) is 26.4 Å². The fourth-order valence-electron chi connectivity index (χ4n) is 1.65. The van der Waals surface area contributed by atoms with E-state index in [1.165, 1.54) is 0 Å². The van der Waals surface area contributed by atoms with Crippen molar-refractivity contribution < 1.29 is 9.53 Å². The van der Waals surface area contributed by atoms with Crippen LogP contribution in [-0.2, 0) is 0 Å². The third kappa shape index (κ3) is 3.30. The molecule has 2 aromatic rings. The van der Waals surface area contributed by atoms with Crippen molar-refractivity contribution in [3.63, 3.8) is 0 Å². The average Bonchev–Trinajstić information content (AvgIpc) is 2.41. The first-order valence-electron chi connectivity index (χ1n) is 5.36. The van der Waals surface area contributed by atoms with Crippen LogP contribution in [-0.4, -0.2) is 12.9 Å². The molecular weight excluding hydrogens is 442 g/mol. The maximum absolute atomic E-state index is 12.5. The summed E-state index contributed by atoms with van der Waals surface area (Å²) in [5.41, 5.74) is 1.11. The molecule has 5 heteroatoms. The molecule has 0 amide bonds. The Labute approximate surface area is 138 Å². The number of carbonyl (C=O) groups excluding carboxylic acids is 1. The zero-order valence-corrected chi connectivity index (χ0v) is 14.4. The highest BCUT2D eigenvalue weighted by Gasteiger charge is 2.15. The first-order chi connectivity index (χ1) is 9.02. The molecule has 0 aliphatic rings. The molecule has 0 saturated heterocycles. The number of rotatable bonds is 3. The highest BCUT2D eigenvalue weighted by atomic mass is 127. The standard InChI is InChI=1S/C14H9BrClIO2/c1-19-13-5-3-9(17)7-10(13)14(18)8-2-4-12(16)11(15)6-8/h2-7H,1H3. The predicted octanol–water partition coefficient (Wildman–Crippen LogP) is 4.95. The van der Waals surface area contributed by atoms with Crippen molar-refractivity contribution in [3.8, 4) is 5.75 Å². The molecule has 0 saturated carbocycles. The van der Waals surface area contributed by atoms with Crippen LogP contribution in [0.15, 0.2) is 40.9 Å². The topological polar surface area (TPSA) is 26.3 Å². The van der Waals surface area contributed by atoms with Crippen LogP contribution in [0.25, 0.3) is 0 Å². The Morgan fingerprint density at radius 2 is 2.00 bits per heavy atom. The molecule has 2 aromatic carbocycles. The summed E-state index contributed by atoms with van der Waals surface area (Å²) in [5, 5.41) is 0.575. The molecule has 0 aromatic heterocycles. The number of hydrogen-bond donors (Lipinski definition) is 0. The van der Waals surface area contributed by atoms with E-state index in [-0.39, 0.29) is 5.78 Å². The van der Waals surface area contributed by atoms with Gasteiger partial charge in [-0.15, -0.1) is 0 Å². The lowest BCUT2D eigenvalue weighted by Crippen LogP contribution is -2.04. The van der Waals surface area contributed by atoms with E-state index in [4.69, 9.17) is 16.3 Å². The molecule has 0 unspecified atom stereocenters. The summed E-state index contributed by atoms with van der Waals surface area (Å²) in [6, 6.07) is 10.6. The molecule has 0 spiro atoms. The van der Waals surface area contributed by atoms with Crippen molar-refractivity contribution in [3.05, 3.63) is 60.6 Å². The van der Waals surface area contributed by atoms with E-state index in [0.717, 1.165) is 3.57 Å². The van der Waals surface area contributed by atoms with E-state index in [1.807, 2.05) is 12.1 Å². The number of halogens is 3. The third-order valence-corrected chi connectivity index (χ3v) is 4.47. The van der Waals surface area contributed by atoms with Gasteiger partial charge in [0.15, 0.2) is 5.78 Å². The van der Waals surface area contributed by atoms with Gasteiger partial charge in [0, 0.05) is 13.6 Å². The highest BCUT2D eigenvalue weighted by molar-refractivity contribution is 14.1. The summed E-state index contributed by atoms with van der Waals surface area (Å²) >= 11 is 11.4. The molecule has 0 N–H and O–H groups in total. The van der Waals surface area contributed by atoms with Gasteiger partial charge < -0.3 is 4.74 Å². The van der Waals surface area contributed by atoms with Crippen LogP contribution < -0.4 is 4.74 Å². The van der Waals surface area contributed by atoms with Crippen molar-refractivity contribution >= 4 is 55.9 Å². The third-order valence-electron chi connectivity index (χ3n) is 2.59. The molecule has 98 valence electrons. The Hall–Kier alpha value is -0.590. The van der Waals surface area contributed by atoms with E-state index in [2.05, 4.69) is 38.5 Å². The molecule has 0 radical (unpaired) electrons. The minimum atomic E-state index is -0.0901. The second-order valence-corrected chi connectivity index (χ2v) is 6.31. The average molecular weight is 451 g/mol. The SMILES string of the molecule is COc1ccc(I)cc1C(=O)c1ccc(Cl)c(Br)c1. The lowest BCUT2D eigenvalue weighted by Gasteiger charge is -2.09. The smallest absolute Gasteiger partial charge is 0.196 e. The quantitative estimate of drug-likeness (QED) is 0.488. The van der Waals surface area contributed by atoms with E-state index < -0.39 is 0 Å². The fourth-order valence-corrected chi connectivity index (χ4v) is 2.64. The Balaban J connectivity index is 2.49. The van der Waals surface area contributed by atoms with E-state index >= 15 is 0 Å². The zero-order chi connectivity index (χ0) is 14.0. The van der Waals surface area contributed by atoms with Crippen molar-refractivity contribution in [2.24, 2.45) is 0 Å². The molecule has 2 rings (SSSR count). The van der Waals surface area contributed by atoms with Crippen molar-refractivity contribution in [1.82, 2.24) is 0 Å². The van der Waals surface area contributed by atoms with Crippen molar-refractivity contribution in [2.75, 3.05) is 7.11 Å². The van der Waals surface area contributed by atoms with Crippen LogP contribution in [0.3, 0.4) is 0 Å². The summed E-state index contributed by atoms with van der Waals surface area (Å²) in [6.45, 7) is 0. The zero-order valence-electron chi connectivity index (χ0n) is 9.91. The number of hydrogen-bond acceptors (Lipinski definition) is 2. The van der Waals surface area contributed by atoms with Gasteiger partial charge in [0.1, 0.15) is 5.75 Å². The van der Waals surface area contributed by atoms with Crippen LogP contribution in [0.4, 0.5) is 0 Å². The van der Waals surface area contributed by atoms with Crippen LogP contribution >= 0.6 is 50.1 Å². The molecule has 0 bridgehead atoms. The molecule has 0 atom stereocenters. The number of carbonyl (C=O) groups is 1. The lowest BCUT2D eigenvalue weighted by molar-refractivity contribution is 0.103. The largest absolute Gasteiger partial charge is 0.496 e. The summed E-state index contributed by atoms with van der Waals surface area (Å²) in [5.74, 6) is 0.476. The molecule has 0 aliphatic carbocycles. The first kappa shape index (κ1) is 14.8. The Morgan fingerprint density at radius 1 is 1.26 bits per heavy atom. The first-order valence-corrected chi connectivity index (χ1v) is 7.61. The monoisotopic (exact) mass is 450 g/mol. The fraction of sp³-hybridized carbons (Fsp3) is 0.0714. The van der Waals surface area contributed by atoms with Gasteiger partial charge in [0.05, 0.1) is 17.7 Å². The van der Waals surface area contributed by atoms with Crippen LogP contribution in [0.2, 0.25) is 5.02 Å². The summed E-state index contributed by atoms with van der Waals surface area (Å²) < 4.78 is 6.91. The second-order valence-electron chi connectivity index (χ2n) is 3.80.